The lowest BCUT2D eigenvalue weighted by Gasteiger charge is -2.26. The summed E-state index contributed by atoms with van der Waals surface area (Å²) in [6.07, 6.45) is 0.957. The van der Waals surface area contributed by atoms with Gasteiger partial charge in [0.15, 0.2) is 0 Å². The second-order valence-corrected chi connectivity index (χ2v) is 3.35. The van der Waals surface area contributed by atoms with Crippen LogP contribution in [0.2, 0.25) is 0 Å². The maximum absolute atomic E-state index is 9.13. The van der Waals surface area contributed by atoms with E-state index >= 15 is 0 Å². The van der Waals surface area contributed by atoms with Gasteiger partial charge in [0.2, 0.25) is 0 Å². The third-order valence-corrected chi connectivity index (χ3v) is 2.57. The minimum atomic E-state index is 0.0623. The number of aliphatic hydroxyl groups is 1. The molecule has 1 aromatic carbocycles. The maximum Gasteiger partial charge on any atom is 0.0626 e. The van der Waals surface area contributed by atoms with Gasteiger partial charge in [0.1, 0.15) is 0 Å². The van der Waals surface area contributed by atoms with Gasteiger partial charge in [-0.1, -0.05) is 12.1 Å². The van der Waals surface area contributed by atoms with Crippen LogP contribution >= 0.6 is 0 Å². The molecule has 2 rings (SSSR count). The van der Waals surface area contributed by atoms with Crippen molar-refractivity contribution in [1.82, 2.24) is 5.32 Å². The molecule has 0 aromatic heterocycles. The van der Waals surface area contributed by atoms with Crippen LogP contribution in [0.4, 0.5) is 5.69 Å². The van der Waals surface area contributed by atoms with E-state index in [0.717, 1.165) is 24.2 Å². The fraction of sp³-hybridized carbons (Fsp3) is 0.400. The van der Waals surface area contributed by atoms with Crippen LogP contribution in [0.1, 0.15) is 17.2 Å². The predicted molar refractivity (Wildman–Crippen MR) is 52.4 cm³/mol. The fourth-order valence-electron chi connectivity index (χ4n) is 1.88. The molecule has 1 aliphatic rings. The first kappa shape index (κ1) is 8.53. The number of rotatable bonds is 1. The SMILES string of the molecule is Nc1cccc2c1CCN[C@@H]2CO. The van der Waals surface area contributed by atoms with E-state index in [1.165, 1.54) is 5.56 Å². The number of hydrogen-bond donors (Lipinski definition) is 3. The fourth-order valence-corrected chi connectivity index (χ4v) is 1.88. The van der Waals surface area contributed by atoms with E-state index in [4.69, 9.17) is 10.8 Å². The number of nitrogens with two attached hydrogens (primary N) is 1. The lowest BCUT2D eigenvalue weighted by molar-refractivity contribution is 0.240. The van der Waals surface area contributed by atoms with Gasteiger partial charge in [-0.2, -0.15) is 0 Å². The summed E-state index contributed by atoms with van der Waals surface area (Å²) >= 11 is 0. The van der Waals surface area contributed by atoms with Crippen molar-refractivity contribution in [2.75, 3.05) is 18.9 Å². The van der Waals surface area contributed by atoms with Crippen molar-refractivity contribution >= 4 is 5.69 Å². The third-order valence-electron chi connectivity index (χ3n) is 2.57. The molecule has 0 spiro atoms. The third kappa shape index (κ3) is 1.41. The smallest absolute Gasteiger partial charge is 0.0626 e. The summed E-state index contributed by atoms with van der Waals surface area (Å²) in [6.45, 7) is 1.03. The van der Waals surface area contributed by atoms with Crippen LogP contribution in [-0.2, 0) is 6.42 Å². The van der Waals surface area contributed by atoms with Gasteiger partial charge in [0, 0.05) is 5.69 Å². The standard InChI is InChI=1S/C10H14N2O/c11-9-3-1-2-8-7(9)4-5-12-10(8)6-13/h1-3,10,12-13H,4-6,11H2/t10-/m1/s1. The molecule has 1 atom stereocenters. The molecule has 70 valence electrons. The normalized spacial score (nSPS) is 21.2. The number of benzene rings is 1. The van der Waals surface area contributed by atoms with Crippen LogP contribution < -0.4 is 11.1 Å². The van der Waals surface area contributed by atoms with Gasteiger partial charge in [-0.3, -0.25) is 0 Å². The number of nitrogens with one attached hydrogen (secondary N) is 1. The first-order valence-electron chi connectivity index (χ1n) is 4.54. The van der Waals surface area contributed by atoms with E-state index in [2.05, 4.69) is 5.32 Å². The summed E-state index contributed by atoms with van der Waals surface area (Å²) in [7, 11) is 0. The van der Waals surface area contributed by atoms with Crippen molar-refractivity contribution < 1.29 is 5.11 Å². The zero-order valence-corrected chi connectivity index (χ0v) is 7.46. The summed E-state index contributed by atoms with van der Waals surface area (Å²) in [4.78, 5) is 0. The number of hydrogen-bond acceptors (Lipinski definition) is 3. The number of nitrogen functional groups attached to an aromatic ring is 1. The largest absolute Gasteiger partial charge is 0.398 e. The van der Waals surface area contributed by atoms with Crippen molar-refractivity contribution in [2.24, 2.45) is 0 Å². The van der Waals surface area contributed by atoms with E-state index < -0.39 is 0 Å². The first-order chi connectivity index (χ1) is 6.33. The van der Waals surface area contributed by atoms with Gasteiger partial charge in [0.05, 0.1) is 12.6 Å². The molecule has 1 heterocycles. The minimum Gasteiger partial charge on any atom is -0.398 e. The lowest BCUT2D eigenvalue weighted by atomic mass is 9.93. The van der Waals surface area contributed by atoms with Gasteiger partial charge in [-0.15, -0.1) is 0 Å². The van der Waals surface area contributed by atoms with E-state index in [1.54, 1.807) is 0 Å². The van der Waals surface area contributed by atoms with Gasteiger partial charge in [-0.25, -0.2) is 0 Å². The molecule has 13 heavy (non-hydrogen) atoms. The molecule has 0 unspecified atom stereocenters. The average molecular weight is 178 g/mol. The molecule has 0 radical (unpaired) electrons. The lowest BCUT2D eigenvalue weighted by Crippen LogP contribution is -2.32. The van der Waals surface area contributed by atoms with Gasteiger partial charge in [0.25, 0.3) is 0 Å². The molecule has 0 aliphatic carbocycles. The van der Waals surface area contributed by atoms with Crippen molar-refractivity contribution in [3.63, 3.8) is 0 Å². The van der Waals surface area contributed by atoms with Crippen LogP contribution in [0.3, 0.4) is 0 Å². The highest BCUT2D eigenvalue weighted by Crippen LogP contribution is 2.26. The van der Waals surface area contributed by atoms with E-state index in [0.29, 0.717) is 0 Å². The molecule has 0 amide bonds. The topological polar surface area (TPSA) is 58.3 Å². The Morgan fingerprint density at radius 1 is 1.54 bits per heavy atom. The average Bonchev–Trinajstić information content (AvgIpc) is 2.18. The zero-order valence-electron chi connectivity index (χ0n) is 7.46. The summed E-state index contributed by atoms with van der Waals surface area (Å²) in [5.74, 6) is 0. The molecule has 3 nitrogen and oxygen atoms in total. The molecular weight excluding hydrogens is 164 g/mol. The highest BCUT2D eigenvalue weighted by molar-refractivity contribution is 5.53. The van der Waals surface area contributed by atoms with Crippen LogP contribution in [0.25, 0.3) is 0 Å². The molecule has 1 aromatic rings. The van der Waals surface area contributed by atoms with Crippen LogP contribution in [0.5, 0.6) is 0 Å². The number of fused-ring (bicyclic) bond motifs is 1. The Bertz CT molecular complexity index is 312. The molecule has 1 aliphatic heterocycles. The van der Waals surface area contributed by atoms with Crippen molar-refractivity contribution in [1.29, 1.82) is 0 Å². The van der Waals surface area contributed by atoms with Gasteiger partial charge < -0.3 is 16.2 Å². The minimum absolute atomic E-state index is 0.0623. The molecule has 4 N–H and O–H groups in total. The van der Waals surface area contributed by atoms with E-state index in [-0.39, 0.29) is 12.6 Å². The van der Waals surface area contributed by atoms with Crippen LogP contribution in [0.15, 0.2) is 18.2 Å². The Morgan fingerprint density at radius 3 is 3.15 bits per heavy atom. The van der Waals surface area contributed by atoms with Crippen molar-refractivity contribution in [3.05, 3.63) is 29.3 Å². The van der Waals surface area contributed by atoms with Crippen molar-refractivity contribution in [2.45, 2.75) is 12.5 Å². The van der Waals surface area contributed by atoms with Crippen LogP contribution in [-0.4, -0.2) is 18.3 Å². The Labute approximate surface area is 77.6 Å². The summed E-state index contributed by atoms with van der Waals surface area (Å²) in [5, 5.41) is 12.4. The maximum atomic E-state index is 9.13. The second-order valence-electron chi connectivity index (χ2n) is 3.35. The molecule has 0 fully saturated rings. The molecular formula is C10H14N2O. The molecule has 0 saturated heterocycles. The molecule has 0 bridgehead atoms. The van der Waals surface area contributed by atoms with Gasteiger partial charge in [-0.05, 0) is 30.2 Å². The first-order valence-corrected chi connectivity index (χ1v) is 4.54. The molecule has 3 heteroatoms. The second kappa shape index (κ2) is 3.36. The summed E-state index contributed by atoms with van der Waals surface area (Å²) in [5.41, 5.74) is 9.04. The number of aliphatic hydroxyl groups excluding tert-OH is 1. The monoisotopic (exact) mass is 178 g/mol. The Balaban J connectivity index is 2.45. The van der Waals surface area contributed by atoms with Crippen LogP contribution in [0, 0.1) is 0 Å². The van der Waals surface area contributed by atoms with E-state index in [9.17, 15) is 0 Å². The Morgan fingerprint density at radius 2 is 2.38 bits per heavy atom. The Kier molecular flexibility index (Phi) is 2.20. The predicted octanol–water partition coefficient (Wildman–Crippen LogP) is 0.448. The van der Waals surface area contributed by atoms with Gasteiger partial charge >= 0.3 is 0 Å². The highest BCUT2D eigenvalue weighted by atomic mass is 16.3. The van der Waals surface area contributed by atoms with Crippen molar-refractivity contribution in [3.8, 4) is 0 Å². The highest BCUT2D eigenvalue weighted by Gasteiger charge is 2.19. The zero-order chi connectivity index (χ0) is 9.26. The summed E-state index contributed by atoms with van der Waals surface area (Å²) < 4.78 is 0. The number of anilines is 1. The van der Waals surface area contributed by atoms with E-state index in [1.807, 2.05) is 18.2 Å². The quantitative estimate of drug-likeness (QED) is 0.547. The Hall–Kier alpha value is -1.06. The summed E-state index contributed by atoms with van der Waals surface area (Å²) in [6, 6.07) is 5.94. The molecule has 0 saturated carbocycles.